The van der Waals surface area contributed by atoms with E-state index in [2.05, 4.69) is 12.2 Å². The molecule has 0 bridgehead atoms. The maximum absolute atomic E-state index is 12.3. The molecule has 1 amide bonds. The van der Waals surface area contributed by atoms with Crippen LogP contribution in [0.4, 0.5) is 11.4 Å². The minimum absolute atomic E-state index is 0.0799. The number of amides is 1. The van der Waals surface area contributed by atoms with Crippen LogP contribution in [0.5, 0.6) is 0 Å². The summed E-state index contributed by atoms with van der Waals surface area (Å²) >= 11 is 0. The number of carbonyl (C=O) groups excluding carboxylic acids is 2. The van der Waals surface area contributed by atoms with Gasteiger partial charge < -0.3 is 15.0 Å². The average molecular weight is 403 g/mol. The Hall–Kier alpha value is -2.64. The Morgan fingerprint density at radius 2 is 1.86 bits per heavy atom. The molecular formula is C21H29N3O5. The molecule has 1 heterocycles. The molecule has 0 unspecified atom stereocenters. The monoisotopic (exact) mass is 403 g/mol. The number of piperidine rings is 1. The number of rotatable bonds is 6. The first kappa shape index (κ1) is 21.1. The summed E-state index contributed by atoms with van der Waals surface area (Å²) < 4.78 is 5.08. The van der Waals surface area contributed by atoms with Crippen LogP contribution in [0.3, 0.4) is 0 Å². The number of nitro benzene ring substituents is 1. The lowest BCUT2D eigenvalue weighted by Crippen LogP contribution is -2.38. The highest BCUT2D eigenvalue weighted by molar-refractivity contribution is 5.93. The molecule has 0 atom stereocenters. The molecule has 1 aromatic rings. The van der Waals surface area contributed by atoms with Gasteiger partial charge in [0.25, 0.3) is 11.6 Å². The Morgan fingerprint density at radius 3 is 2.52 bits per heavy atom. The molecule has 1 N–H and O–H groups in total. The normalized spacial score (nSPS) is 18.3. The number of nitrogens with one attached hydrogen (secondary N) is 1. The van der Waals surface area contributed by atoms with Gasteiger partial charge in [0, 0.05) is 25.2 Å². The lowest BCUT2D eigenvalue weighted by Gasteiger charge is -2.31. The zero-order chi connectivity index (χ0) is 20.8. The molecular weight excluding hydrogens is 374 g/mol. The van der Waals surface area contributed by atoms with Gasteiger partial charge in [0.15, 0.2) is 6.61 Å². The van der Waals surface area contributed by atoms with Crippen molar-refractivity contribution in [3.8, 4) is 0 Å². The summed E-state index contributed by atoms with van der Waals surface area (Å²) in [5.74, 6) is -0.455. The predicted octanol–water partition coefficient (Wildman–Crippen LogP) is 3.44. The fourth-order valence-electron chi connectivity index (χ4n) is 4.04. The van der Waals surface area contributed by atoms with Crippen molar-refractivity contribution in [3.63, 3.8) is 0 Å². The van der Waals surface area contributed by atoms with E-state index in [0.29, 0.717) is 11.6 Å². The molecule has 1 saturated carbocycles. The van der Waals surface area contributed by atoms with Crippen molar-refractivity contribution in [2.24, 2.45) is 5.92 Å². The molecule has 29 heavy (non-hydrogen) atoms. The third-order valence-electron chi connectivity index (χ3n) is 5.84. The van der Waals surface area contributed by atoms with Crippen LogP contribution in [-0.4, -0.2) is 42.5 Å². The van der Waals surface area contributed by atoms with Crippen LogP contribution in [0, 0.1) is 16.0 Å². The summed E-state index contributed by atoms with van der Waals surface area (Å²) in [5, 5.41) is 14.4. The molecule has 2 aliphatic rings. The van der Waals surface area contributed by atoms with Gasteiger partial charge in [-0.25, -0.2) is 4.79 Å². The molecule has 158 valence electrons. The maximum Gasteiger partial charge on any atom is 0.338 e. The molecule has 8 heteroatoms. The molecule has 1 aromatic carbocycles. The van der Waals surface area contributed by atoms with E-state index in [1.807, 2.05) is 4.90 Å². The highest BCUT2D eigenvalue weighted by Gasteiger charge is 2.25. The van der Waals surface area contributed by atoms with Crippen molar-refractivity contribution in [2.45, 2.75) is 57.9 Å². The number of esters is 1. The van der Waals surface area contributed by atoms with Crippen molar-refractivity contribution >= 4 is 23.3 Å². The van der Waals surface area contributed by atoms with E-state index in [1.165, 1.54) is 18.6 Å². The van der Waals surface area contributed by atoms with Crippen LogP contribution in [0.2, 0.25) is 0 Å². The predicted molar refractivity (Wildman–Crippen MR) is 109 cm³/mol. The second-order valence-electron chi connectivity index (χ2n) is 8.11. The summed E-state index contributed by atoms with van der Waals surface area (Å²) in [4.78, 5) is 37.4. The first-order chi connectivity index (χ1) is 13.9. The van der Waals surface area contributed by atoms with Crippen molar-refractivity contribution < 1.29 is 19.2 Å². The highest BCUT2D eigenvalue weighted by atomic mass is 16.6. The third-order valence-corrected chi connectivity index (χ3v) is 5.84. The van der Waals surface area contributed by atoms with Gasteiger partial charge in [-0.2, -0.15) is 0 Å². The Morgan fingerprint density at radius 1 is 1.17 bits per heavy atom. The lowest BCUT2D eigenvalue weighted by molar-refractivity contribution is -0.384. The number of carbonyl (C=O) groups is 2. The van der Waals surface area contributed by atoms with Gasteiger partial charge in [0.05, 0.1) is 10.5 Å². The molecule has 1 saturated heterocycles. The topological polar surface area (TPSA) is 102 Å². The SMILES string of the molecule is CC1CCN(c2ccc(C(=O)OCC(=O)NC3CCCCC3)cc2[N+](=O)[O-])CC1. The van der Waals surface area contributed by atoms with Crippen LogP contribution in [0.25, 0.3) is 0 Å². The minimum atomic E-state index is -0.731. The number of anilines is 1. The second-order valence-corrected chi connectivity index (χ2v) is 8.11. The van der Waals surface area contributed by atoms with E-state index in [-0.39, 0.29) is 29.8 Å². The molecule has 1 aliphatic carbocycles. The summed E-state index contributed by atoms with van der Waals surface area (Å²) in [6.45, 7) is 3.31. The Bertz CT molecular complexity index is 753. The number of hydrogen-bond acceptors (Lipinski definition) is 6. The van der Waals surface area contributed by atoms with Crippen LogP contribution in [0.1, 0.15) is 62.2 Å². The second kappa shape index (κ2) is 9.71. The van der Waals surface area contributed by atoms with E-state index in [9.17, 15) is 19.7 Å². The van der Waals surface area contributed by atoms with Crippen molar-refractivity contribution in [2.75, 3.05) is 24.6 Å². The van der Waals surface area contributed by atoms with Crippen LogP contribution in [-0.2, 0) is 9.53 Å². The minimum Gasteiger partial charge on any atom is -0.452 e. The molecule has 2 fully saturated rings. The van der Waals surface area contributed by atoms with Gasteiger partial charge in [-0.1, -0.05) is 26.2 Å². The van der Waals surface area contributed by atoms with E-state index < -0.39 is 10.9 Å². The summed E-state index contributed by atoms with van der Waals surface area (Å²) in [7, 11) is 0. The van der Waals surface area contributed by atoms with Crippen LogP contribution < -0.4 is 10.2 Å². The van der Waals surface area contributed by atoms with E-state index in [1.54, 1.807) is 6.07 Å². The number of nitro groups is 1. The summed E-state index contributed by atoms with van der Waals surface area (Å²) in [6, 6.07) is 4.52. The average Bonchev–Trinajstić information content (AvgIpc) is 2.73. The highest BCUT2D eigenvalue weighted by Crippen LogP contribution is 2.32. The van der Waals surface area contributed by atoms with E-state index in [0.717, 1.165) is 51.6 Å². The van der Waals surface area contributed by atoms with Gasteiger partial charge in [-0.3, -0.25) is 14.9 Å². The zero-order valence-corrected chi connectivity index (χ0v) is 16.9. The van der Waals surface area contributed by atoms with Crippen molar-refractivity contribution in [1.82, 2.24) is 5.32 Å². The molecule has 8 nitrogen and oxygen atoms in total. The number of nitrogens with zero attached hydrogens (tertiary/aromatic N) is 2. The fourth-order valence-corrected chi connectivity index (χ4v) is 4.04. The quantitative estimate of drug-likeness (QED) is 0.443. The Balaban J connectivity index is 1.60. The molecule has 0 spiro atoms. The first-order valence-corrected chi connectivity index (χ1v) is 10.4. The number of benzene rings is 1. The molecule has 1 aliphatic heterocycles. The first-order valence-electron chi connectivity index (χ1n) is 10.4. The van der Waals surface area contributed by atoms with Gasteiger partial charge >= 0.3 is 5.97 Å². The summed E-state index contributed by atoms with van der Waals surface area (Å²) in [6.07, 6.45) is 7.24. The van der Waals surface area contributed by atoms with Gasteiger partial charge in [0.1, 0.15) is 5.69 Å². The molecule has 3 rings (SSSR count). The lowest BCUT2D eigenvalue weighted by atomic mass is 9.95. The third kappa shape index (κ3) is 5.68. The van der Waals surface area contributed by atoms with Gasteiger partial charge in [0.2, 0.25) is 0 Å². The standard InChI is InChI=1S/C21H29N3O5/c1-15-9-11-23(12-10-15)18-8-7-16(13-19(18)24(27)28)21(26)29-14-20(25)22-17-5-3-2-4-6-17/h7-8,13,15,17H,2-6,9-12,14H2,1H3,(H,22,25). The Labute approximate surface area is 170 Å². The smallest absolute Gasteiger partial charge is 0.338 e. The molecule has 0 radical (unpaired) electrons. The number of ether oxygens (including phenoxy) is 1. The van der Waals surface area contributed by atoms with Gasteiger partial charge in [-0.15, -0.1) is 0 Å². The van der Waals surface area contributed by atoms with Crippen molar-refractivity contribution in [3.05, 3.63) is 33.9 Å². The largest absolute Gasteiger partial charge is 0.452 e. The van der Waals surface area contributed by atoms with E-state index in [4.69, 9.17) is 4.74 Å². The number of hydrogen-bond donors (Lipinski definition) is 1. The van der Waals surface area contributed by atoms with Gasteiger partial charge in [-0.05, 0) is 43.7 Å². The zero-order valence-electron chi connectivity index (χ0n) is 16.9. The van der Waals surface area contributed by atoms with Crippen LogP contribution >= 0.6 is 0 Å². The fraction of sp³-hybridized carbons (Fsp3) is 0.619. The molecule has 0 aromatic heterocycles. The maximum atomic E-state index is 12.3. The van der Waals surface area contributed by atoms with Crippen molar-refractivity contribution in [1.29, 1.82) is 0 Å². The Kier molecular flexibility index (Phi) is 7.06. The van der Waals surface area contributed by atoms with E-state index >= 15 is 0 Å². The van der Waals surface area contributed by atoms with Crippen LogP contribution in [0.15, 0.2) is 18.2 Å². The summed E-state index contributed by atoms with van der Waals surface area (Å²) in [5.41, 5.74) is 0.491.